The van der Waals surface area contributed by atoms with Crippen LogP contribution in [0.15, 0.2) is 22.2 Å². The van der Waals surface area contributed by atoms with Crippen LogP contribution >= 0.6 is 0 Å². The smallest absolute Gasteiger partial charge is 0.267 e. The fraction of sp³-hybridized carbons (Fsp3) is 0.200. The molecule has 0 bridgehead atoms. The predicted octanol–water partition coefficient (Wildman–Crippen LogP) is -1.32. The van der Waals surface area contributed by atoms with Gasteiger partial charge in [0.15, 0.2) is 5.03 Å². The zero-order chi connectivity index (χ0) is 9.19. The third-order valence-electron chi connectivity index (χ3n) is 1.19. The molecule has 0 unspecified atom stereocenters. The summed E-state index contributed by atoms with van der Waals surface area (Å²) in [4.78, 5) is 16.2. The number of hydrogen-bond acceptors (Lipinski definition) is 4. The van der Waals surface area contributed by atoms with Gasteiger partial charge in [-0.05, 0) is 7.05 Å². The van der Waals surface area contributed by atoms with Crippen LogP contribution in [0.5, 0.6) is 0 Å². The van der Waals surface area contributed by atoms with Crippen molar-refractivity contribution in [3.05, 3.63) is 22.7 Å². The molecule has 0 fully saturated rings. The van der Waals surface area contributed by atoms with Crippen molar-refractivity contribution in [1.82, 2.24) is 14.7 Å². The number of nitrogens with zero attached hydrogens (tertiary/aromatic N) is 1. The fourth-order valence-electron chi connectivity index (χ4n) is 0.605. The van der Waals surface area contributed by atoms with Gasteiger partial charge in [0.1, 0.15) is 0 Å². The number of hydrogen-bond donors (Lipinski definition) is 2. The van der Waals surface area contributed by atoms with E-state index in [9.17, 15) is 13.2 Å². The molecule has 0 aliphatic carbocycles. The van der Waals surface area contributed by atoms with Crippen LogP contribution in [0.4, 0.5) is 0 Å². The third kappa shape index (κ3) is 1.69. The fourth-order valence-corrected chi connectivity index (χ4v) is 1.26. The molecule has 1 heterocycles. The van der Waals surface area contributed by atoms with Gasteiger partial charge in [-0.15, -0.1) is 0 Å². The number of aromatic nitrogens is 2. The Morgan fingerprint density at radius 3 is 2.67 bits per heavy atom. The van der Waals surface area contributed by atoms with E-state index in [1.54, 1.807) is 0 Å². The first-order valence-electron chi connectivity index (χ1n) is 3.04. The van der Waals surface area contributed by atoms with Gasteiger partial charge in [0.05, 0.1) is 12.4 Å². The first-order valence-corrected chi connectivity index (χ1v) is 4.52. The van der Waals surface area contributed by atoms with Gasteiger partial charge in [-0.2, -0.15) is 0 Å². The van der Waals surface area contributed by atoms with E-state index in [4.69, 9.17) is 0 Å². The van der Waals surface area contributed by atoms with Crippen molar-refractivity contribution in [2.24, 2.45) is 0 Å². The van der Waals surface area contributed by atoms with Gasteiger partial charge in [0.2, 0.25) is 0 Å². The van der Waals surface area contributed by atoms with Crippen LogP contribution in [0.2, 0.25) is 0 Å². The largest absolute Gasteiger partial charge is 0.309 e. The molecule has 0 aliphatic heterocycles. The number of aromatic amines is 1. The monoisotopic (exact) mass is 189 g/mol. The highest BCUT2D eigenvalue weighted by Gasteiger charge is 2.11. The summed E-state index contributed by atoms with van der Waals surface area (Å²) in [5, 5.41) is -0.238. The van der Waals surface area contributed by atoms with Crippen LogP contribution in [0, 0.1) is 0 Å². The van der Waals surface area contributed by atoms with Crippen molar-refractivity contribution in [1.29, 1.82) is 0 Å². The molecule has 1 rings (SSSR count). The van der Waals surface area contributed by atoms with Crippen LogP contribution in [-0.4, -0.2) is 25.4 Å². The Labute approximate surface area is 68.7 Å². The summed E-state index contributed by atoms with van der Waals surface area (Å²) in [7, 11) is -2.34. The molecule has 0 spiro atoms. The van der Waals surface area contributed by atoms with E-state index in [0.717, 1.165) is 12.4 Å². The van der Waals surface area contributed by atoms with E-state index < -0.39 is 15.6 Å². The first-order chi connectivity index (χ1) is 5.56. The van der Waals surface area contributed by atoms with Crippen LogP contribution < -0.4 is 10.3 Å². The Kier molecular flexibility index (Phi) is 2.25. The Bertz CT molecular complexity index is 422. The molecule has 0 saturated heterocycles. The molecule has 0 radical (unpaired) electrons. The molecule has 0 saturated carbocycles. The van der Waals surface area contributed by atoms with E-state index in [1.807, 2.05) is 4.72 Å². The molecule has 6 nitrogen and oxygen atoms in total. The lowest BCUT2D eigenvalue weighted by Crippen LogP contribution is -2.22. The Balaban J connectivity index is 3.31. The standard InChI is InChI=1S/C5H7N3O3S/c1-6-12(10,11)5-3-7-2-4(9)8-5/h2-3,6H,1H3,(H,8,9). The molecule has 0 aromatic carbocycles. The van der Waals surface area contributed by atoms with E-state index in [2.05, 4.69) is 9.97 Å². The quantitative estimate of drug-likeness (QED) is 0.603. The molecule has 1 aromatic heterocycles. The lowest BCUT2D eigenvalue weighted by Gasteiger charge is -1.98. The predicted molar refractivity (Wildman–Crippen MR) is 41.1 cm³/mol. The average Bonchev–Trinajstić information content (AvgIpc) is 2.05. The van der Waals surface area contributed by atoms with Crippen LogP contribution in [0.1, 0.15) is 0 Å². The number of nitrogens with one attached hydrogen (secondary N) is 2. The number of sulfonamides is 1. The molecule has 2 N–H and O–H groups in total. The SMILES string of the molecule is CNS(=O)(=O)c1cncc(=O)[nH]1. The zero-order valence-electron chi connectivity index (χ0n) is 6.23. The summed E-state index contributed by atoms with van der Waals surface area (Å²) in [6, 6.07) is 0. The highest BCUT2D eigenvalue weighted by molar-refractivity contribution is 7.89. The first kappa shape index (κ1) is 8.88. The van der Waals surface area contributed by atoms with Crippen molar-refractivity contribution < 1.29 is 8.42 Å². The number of rotatable bonds is 2. The van der Waals surface area contributed by atoms with Crippen molar-refractivity contribution in [3.8, 4) is 0 Å². The van der Waals surface area contributed by atoms with Gasteiger partial charge in [-0.1, -0.05) is 0 Å². The molecule has 1 aromatic rings. The highest BCUT2D eigenvalue weighted by atomic mass is 32.2. The number of H-pyrrole nitrogens is 1. The van der Waals surface area contributed by atoms with Gasteiger partial charge in [-0.25, -0.2) is 13.1 Å². The summed E-state index contributed by atoms with van der Waals surface area (Å²) in [6.07, 6.45) is 2.06. The van der Waals surface area contributed by atoms with Crippen molar-refractivity contribution in [3.63, 3.8) is 0 Å². The van der Waals surface area contributed by atoms with Gasteiger partial charge in [-0.3, -0.25) is 9.78 Å². The molecular weight excluding hydrogens is 182 g/mol. The maximum absolute atomic E-state index is 11.0. The van der Waals surface area contributed by atoms with Crippen molar-refractivity contribution >= 4 is 10.0 Å². The molecule has 0 amide bonds. The van der Waals surface area contributed by atoms with E-state index in [-0.39, 0.29) is 5.03 Å². The lowest BCUT2D eigenvalue weighted by molar-refractivity contribution is 0.583. The summed E-state index contributed by atoms with van der Waals surface area (Å²) >= 11 is 0. The summed E-state index contributed by atoms with van der Waals surface area (Å²) in [5.41, 5.74) is -0.550. The second-order valence-corrected chi connectivity index (χ2v) is 3.82. The minimum Gasteiger partial charge on any atom is -0.309 e. The molecule has 0 atom stereocenters. The van der Waals surface area contributed by atoms with Gasteiger partial charge < -0.3 is 4.98 Å². The maximum Gasteiger partial charge on any atom is 0.267 e. The molecular formula is C5H7N3O3S. The normalized spacial score (nSPS) is 11.4. The van der Waals surface area contributed by atoms with E-state index >= 15 is 0 Å². The van der Waals surface area contributed by atoms with Crippen molar-refractivity contribution in [2.75, 3.05) is 7.05 Å². The summed E-state index contributed by atoms with van der Waals surface area (Å²) in [6.45, 7) is 0. The average molecular weight is 189 g/mol. The van der Waals surface area contributed by atoms with Crippen LogP contribution in [0.25, 0.3) is 0 Å². The van der Waals surface area contributed by atoms with Crippen LogP contribution in [-0.2, 0) is 10.0 Å². The van der Waals surface area contributed by atoms with Gasteiger partial charge >= 0.3 is 0 Å². The molecule has 12 heavy (non-hydrogen) atoms. The Morgan fingerprint density at radius 1 is 1.50 bits per heavy atom. The summed E-state index contributed by atoms with van der Waals surface area (Å²) < 4.78 is 24.1. The Morgan fingerprint density at radius 2 is 2.17 bits per heavy atom. The van der Waals surface area contributed by atoms with E-state index in [0.29, 0.717) is 0 Å². The maximum atomic E-state index is 11.0. The van der Waals surface area contributed by atoms with Gasteiger partial charge in [0, 0.05) is 0 Å². The zero-order valence-corrected chi connectivity index (χ0v) is 7.05. The van der Waals surface area contributed by atoms with Crippen LogP contribution in [0.3, 0.4) is 0 Å². The minimum atomic E-state index is -3.59. The van der Waals surface area contributed by atoms with Crippen molar-refractivity contribution in [2.45, 2.75) is 5.03 Å². The second-order valence-electron chi connectivity index (χ2n) is 1.97. The minimum absolute atomic E-state index is 0.238. The lowest BCUT2D eigenvalue weighted by atomic mass is 10.7. The Hall–Kier alpha value is -1.21. The topological polar surface area (TPSA) is 91.9 Å². The van der Waals surface area contributed by atoms with Gasteiger partial charge in [0.25, 0.3) is 15.6 Å². The molecule has 66 valence electrons. The molecule has 7 heteroatoms. The highest BCUT2D eigenvalue weighted by Crippen LogP contribution is 1.96. The van der Waals surface area contributed by atoms with E-state index in [1.165, 1.54) is 7.05 Å². The third-order valence-corrected chi connectivity index (χ3v) is 2.51. The second kappa shape index (κ2) is 3.03. The summed E-state index contributed by atoms with van der Waals surface area (Å²) in [5.74, 6) is 0. The molecule has 0 aliphatic rings.